The fourth-order valence-corrected chi connectivity index (χ4v) is 2.56. The zero-order valence-electron chi connectivity index (χ0n) is 8.91. The summed E-state index contributed by atoms with van der Waals surface area (Å²) >= 11 is 1.79. The molecule has 2 aromatic heterocycles. The van der Waals surface area contributed by atoms with Crippen LogP contribution in [0.25, 0.3) is 0 Å². The number of aryl methyl sites for hydroxylation is 1. The molecule has 2 rings (SSSR count). The molecule has 2 aromatic rings. The topological polar surface area (TPSA) is 54.9 Å². The number of anilines is 1. The van der Waals surface area contributed by atoms with E-state index in [2.05, 4.69) is 15.3 Å². The molecule has 1 amide bonds. The first-order valence-electron chi connectivity index (χ1n) is 4.62. The summed E-state index contributed by atoms with van der Waals surface area (Å²) in [5.74, 6) is -0.848. The van der Waals surface area contributed by atoms with Crippen molar-refractivity contribution >= 4 is 33.7 Å². The van der Waals surface area contributed by atoms with E-state index in [-0.39, 0.29) is 5.13 Å². The van der Waals surface area contributed by atoms with Crippen LogP contribution in [-0.4, -0.2) is 15.9 Å². The van der Waals surface area contributed by atoms with Crippen molar-refractivity contribution in [3.05, 3.63) is 27.2 Å². The zero-order chi connectivity index (χ0) is 13.3. The van der Waals surface area contributed by atoms with E-state index < -0.39 is 22.7 Å². The van der Waals surface area contributed by atoms with Gasteiger partial charge in [0.2, 0.25) is 0 Å². The summed E-state index contributed by atoms with van der Waals surface area (Å²) in [4.78, 5) is 18.3. The molecule has 0 saturated carbocycles. The van der Waals surface area contributed by atoms with Gasteiger partial charge in [-0.05, 0) is 6.92 Å². The van der Waals surface area contributed by atoms with Crippen molar-refractivity contribution in [1.29, 1.82) is 0 Å². The highest BCUT2D eigenvalue weighted by Gasteiger charge is 2.38. The summed E-state index contributed by atoms with van der Waals surface area (Å²) in [5.41, 5.74) is 0.513. The maximum absolute atomic E-state index is 12.5. The Balaban J connectivity index is 2.22. The quantitative estimate of drug-likeness (QED) is 0.925. The molecule has 4 nitrogen and oxygen atoms in total. The van der Waals surface area contributed by atoms with E-state index in [4.69, 9.17) is 0 Å². The Morgan fingerprint density at radius 3 is 2.67 bits per heavy atom. The van der Waals surface area contributed by atoms with Gasteiger partial charge in [0.1, 0.15) is 4.88 Å². The van der Waals surface area contributed by atoms with Gasteiger partial charge < -0.3 is 0 Å². The second-order valence-corrected chi connectivity index (χ2v) is 4.99. The van der Waals surface area contributed by atoms with E-state index in [9.17, 15) is 18.0 Å². The molecule has 9 heteroatoms. The standard InChI is InChI=1S/C9H6F3N3OS2/c1-4-2-17-8(14-4)15-7(16)5-6(9(10,11)12)13-3-18-5/h2-3H,1H3,(H,14,15,16). The fourth-order valence-electron chi connectivity index (χ4n) is 1.17. The lowest BCUT2D eigenvalue weighted by Crippen LogP contribution is -2.17. The van der Waals surface area contributed by atoms with E-state index in [1.807, 2.05) is 0 Å². The van der Waals surface area contributed by atoms with E-state index >= 15 is 0 Å². The largest absolute Gasteiger partial charge is 0.434 e. The number of halogens is 3. The summed E-state index contributed by atoms with van der Waals surface area (Å²) in [5, 5.41) is 4.27. The average molecular weight is 293 g/mol. The van der Waals surface area contributed by atoms with Gasteiger partial charge in [0.15, 0.2) is 10.8 Å². The minimum absolute atomic E-state index is 0.263. The van der Waals surface area contributed by atoms with Crippen molar-refractivity contribution in [2.24, 2.45) is 0 Å². The lowest BCUT2D eigenvalue weighted by Gasteiger charge is -2.05. The Hall–Kier alpha value is -1.48. The highest BCUT2D eigenvalue weighted by molar-refractivity contribution is 7.14. The fraction of sp³-hybridized carbons (Fsp3) is 0.222. The van der Waals surface area contributed by atoms with E-state index in [0.717, 1.165) is 16.8 Å². The summed E-state index contributed by atoms with van der Waals surface area (Å²) in [6.45, 7) is 1.72. The number of thiazole rings is 2. The Bertz CT molecular complexity index is 576. The van der Waals surface area contributed by atoms with Gasteiger partial charge in [-0.1, -0.05) is 0 Å². The third kappa shape index (κ3) is 2.67. The maximum Gasteiger partial charge on any atom is 0.434 e. The van der Waals surface area contributed by atoms with Crippen LogP contribution < -0.4 is 5.32 Å². The second-order valence-electron chi connectivity index (χ2n) is 3.28. The third-order valence-corrected chi connectivity index (χ3v) is 3.58. The minimum Gasteiger partial charge on any atom is -0.297 e. The highest BCUT2D eigenvalue weighted by Crippen LogP contribution is 2.33. The minimum atomic E-state index is -4.63. The molecule has 0 aliphatic carbocycles. The van der Waals surface area contributed by atoms with Gasteiger partial charge in [-0.3, -0.25) is 10.1 Å². The van der Waals surface area contributed by atoms with Crippen molar-refractivity contribution in [2.75, 3.05) is 5.32 Å². The highest BCUT2D eigenvalue weighted by atomic mass is 32.1. The normalized spacial score (nSPS) is 11.6. The molecular weight excluding hydrogens is 287 g/mol. The molecule has 0 radical (unpaired) electrons. The summed E-state index contributed by atoms with van der Waals surface area (Å²) in [7, 11) is 0. The van der Waals surface area contributed by atoms with Crippen molar-refractivity contribution in [3.63, 3.8) is 0 Å². The molecule has 0 aliphatic heterocycles. The van der Waals surface area contributed by atoms with Gasteiger partial charge in [-0.2, -0.15) is 13.2 Å². The van der Waals surface area contributed by atoms with Gasteiger partial charge in [0, 0.05) is 5.38 Å². The molecule has 0 atom stereocenters. The molecule has 18 heavy (non-hydrogen) atoms. The predicted octanol–water partition coefficient (Wildman–Crippen LogP) is 3.18. The Morgan fingerprint density at radius 1 is 1.39 bits per heavy atom. The second kappa shape index (κ2) is 4.65. The first-order chi connectivity index (χ1) is 8.38. The van der Waals surface area contributed by atoms with Crippen LogP contribution in [0.4, 0.5) is 18.3 Å². The van der Waals surface area contributed by atoms with E-state index in [1.54, 1.807) is 12.3 Å². The first kappa shape index (κ1) is 13.0. The predicted molar refractivity (Wildman–Crippen MR) is 61.9 cm³/mol. The number of hydrogen-bond acceptors (Lipinski definition) is 5. The van der Waals surface area contributed by atoms with Crippen molar-refractivity contribution in [3.8, 4) is 0 Å². The molecule has 2 heterocycles. The number of nitrogens with zero attached hydrogens (tertiary/aromatic N) is 2. The number of nitrogens with one attached hydrogen (secondary N) is 1. The molecule has 1 N–H and O–H groups in total. The molecular formula is C9H6F3N3OS2. The zero-order valence-corrected chi connectivity index (χ0v) is 10.5. The first-order valence-corrected chi connectivity index (χ1v) is 6.38. The molecule has 0 fully saturated rings. The SMILES string of the molecule is Cc1csc(NC(=O)c2scnc2C(F)(F)F)n1. The lowest BCUT2D eigenvalue weighted by atomic mass is 10.3. The lowest BCUT2D eigenvalue weighted by molar-refractivity contribution is -0.141. The maximum atomic E-state index is 12.5. The van der Waals surface area contributed by atoms with Crippen LogP contribution >= 0.6 is 22.7 Å². The van der Waals surface area contributed by atoms with Crippen LogP contribution in [0.3, 0.4) is 0 Å². The molecule has 0 bridgehead atoms. The Morgan fingerprint density at radius 2 is 2.11 bits per heavy atom. The number of alkyl halides is 3. The molecule has 0 aromatic carbocycles. The summed E-state index contributed by atoms with van der Waals surface area (Å²) in [6.07, 6.45) is -4.63. The smallest absolute Gasteiger partial charge is 0.297 e. The molecule has 0 spiro atoms. The van der Waals surface area contributed by atoms with Gasteiger partial charge in [-0.15, -0.1) is 22.7 Å². The number of carbonyl (C=O) groups excluding carboxylic acids is 1. The molecule has 0 aliphatic rings. The van der Waals surface area contributed by atoms with Crippen molar-refractivity contribution in [2.45, 2.75) is 13.1 Å². The summed E-state index contributed by atoms with van der Waals surface area (Å²) < 4.78 is 37.6. The van der Waals surface area contributed by atoms with Crippen LogP contribution in [0, 0.1) is 6.92 Å². The van der Waals surface area contributed by atoms with Crippen LogP contribution in [-0.2, 0) is 6.18 Å². The summed E-state index contributed by atoms with van der Waals surface area (Å²) in [6, 6.07) is 0. The Kier molecular flexibility index (Phi) is 3.35. The molecule has 96 valence electrons. The number of hydrogen-bond donors (Lipinski definition) is 1. The van der Waals surface area contributed by atoms with Crippen molar-refractivity contribution in [1.82, 2.24) is 9.97 Å². The monoisotopic (exact) mass is 293 g/mol. The van der Waals surface area contributed by atoms with E-state index in [0.29, 0.717) is 17.0 Å². The van der Waals surface area contributed by atoms with Gasteiger partial charge in [-0.25, -0.2) is 9.97 Å². The Labute approximate surface area is 108 Å². The number of rotatable bonds is 2. The van der Waals surface area contributed by atoms with Crippen LogP contribution in [0.5, 0.6) is 0 Å². The number of amides is 1. The van der Waals surface area contributed by atoms with E-state index in [1.165, 1.54) is 0 Å². The van der Waals surface area contributed by atoms with Crippen LogP contribution in [0.1, 0.15) is 21.1 Å². The van der Waals surface area contributed by atoms with Gasteiger partial charge in [0.05, 0.1) is 11.2 Å². The average Bonchev–Trinajstić information content (AvgIpc) is 2.85. The van der Waals surface area contributed by atoms with Crippen LogP contribution in [0.15, 0.2) is 10.9 Å². The van der Waals surface area contributed by atoms with Crippen LogP contribution in [0.2, 0.25) is 0 Å². The third-order valence-electron chi connectivity index (χ3n) is 1.88. The van der Waals surface area contributed by atoms with Crippen molar-refractivity contribution < 1.29 is 18.0 Å². The number of aromatic nitrogens is 2. The molecule has 0 unspecified atom stereocenters. The molecule has 0 saturated heterocycles. The van der Waals surface area contributed by atoms with Gasteiger partial charge >= 0.3 is 6.18 Å². The van der Waals surface area contributed by atoms with Gasteiger partial charge in [0.25, 0.3) is 5.91 Å². The number of carbonyl (C=O) groups is 1.